The second-order valence-corrected chi connectivity index (χ2v) is 12.6. The molecule has 3 heterocycles. The molecular weight excluding hydrogens is 526 g/mol. The number of imidazole rings is 1. The maximum Gasteiger partial charge on any atom is 0.209 e. The van der Waals surface area contributed by atoms with Crippen LogP contribution in [0.4, 0.5) is 5.69 Å². The Morgan fingerprint density at radius 2 is 1.89 bits per heavy atom. The SMILES string of the molecule is COc1cc(CN2CCN(C)CC2)ccc1-c1nc2ncc(Cl)c(NC3CCCCC3NS(C)(=O)=O)c2[nH]1. The minimum absolute atomic E-state index is 0.100. The standard InChI is InChI=1S/C26H36ClN7O3S/c1-33-10-12-34(13-11-33)16-17-8-9-18(22(14-17)37-2)25-30-24-23(19(27)15-28-26(24)31-25)29-20-6-4-5-7-21(20)32-38(3,35)36/h8-9,14-15,20-21,32H,4-7,10-13,16H2,1-3H3,(H2,28,29,30,31). The van der Waals surface area contributed by atoms with E-state index in [1.54, 1.807) is 13.3 Å². The average molecular weight is 562 g/mol. The zero-order valence-electron chi connectivity index (χ0n) is 22.1. The Morgan fingerprint density at radius 3 is 2.61 bits per heavy atom. The number of ether oxygens (including phenoxy) is 1. The number of likely N-dealkylation sites (N-methyl/N-ethyl adjacent to an activating group) is 1. The van der Waals surface area contributed by atoms with E-state index in [9.17, 15) is 8.42 Å². The number of methoxy groups -OCH3 is 1. The second-order valence-electron chi connectivity index (χ2n) is 10.4. The Morgan fingerprint density at radius 1 is 1.16 bits per heavy atom. The molecule has 0 radical (unpaired) electrons. The van der Waals surface area contributed by atoms with Crippen LogP contribution in [0.15, 0.2) is 24.4 Å². The summed E-state index contributed by atoms with van der Waals surface area (Å²) in [6.45, 7) is 5.12. The molecule has 2 aromatic heterocycles. The molecule has 1 aliphatic heterocycles. The number of aromatic amines is 1. The van der Waals surface area contributed by atoms with Gasteiger partial charge in [-0.25, -0.2) is 23.1 Å². The lowest BCUT2D eigenvalue weighted by Crippen LogP contribution is -2.48. The van der Waals surface area contributed by atoms with Gasteiger partial charge < -0.3 is 19.9 Å². The van der Waals surface area contributed by atoms with E-state index >= 15 is 0 Å². The Bertz CT molecular complexity index is 1390. The lowest BCUT2D eigenvalue weighted by atomic mass is 9.91. The quantitative estimate of drug-likeness (QED) is 0.384. The molecule has 1 saturated heterocycles. The summed E-state index contributed by atoms with van der Waals surface area (Å²) in [4.78, 5) is 17.4. The molecule has 0 spiro atoms. The molecule has 2 aliphatic rings. The van der Waals surface area contributed by atoms with Crippen LogP contribution in [0, 0.1) is 0 Å². The minimum Gasteiger partial charge on any atom is -0.496 e. The third kappa shape index (κ3) is 6.23. The first-order valence-electron chi connectivity index (χ1n) is 13.1. The van der Waals surface area contributed by atoms with Crippen molar-refractivity contribution in [3.05, 3.63) is 35.0 Å². The van der Waals surface area contributed by atoms with E-state index in [0.29, 0.717) is 27.7 Å². The summed E-state index contributed by atoms with van der Waals surface area (Å²) < 4.78 is 32.4. The second kappa shape index (κ2) is 11.4. The van der Waals surface area contributed by atoms with Gasteiger partial charge >= 0.3 is 0 Å². The number of fused-ring (bicyclic) bond motifs is 1. The Kier molecular flexibility index (Phi) is 8.11. The number of aromatic nitrogens is 3. The number of piperazine rings is 1. The van der Waals surface area contributed by atoms with E-state index in [4.69, 9.17) is 21.3 Å². The summed E-state index contributed by atoms with van der Waals surface area (Å²) in [5.41, 5.74) is 3.91. The molecule has 206 valence electrons. The summed E-state index contributed by atoms with van der Waals surface area (Å²) in [7, 11) is 0.495. The molecule has 10 nitrogen and oxygen atoms in total. The molecule has 5 rings (SSSR count). The Balaban J connectivity index is 1.42. The molecule has 0 amide bonds. The predicted molar refractivity (Wildman–Crippen MR) is 151 cm³/mol. The monoisotopic (exact) mass is 561 g/mol. The number of benzene rings is 1. The van der Waals surface area contributed by atoms with Crippen molar-refractivity contribution in [2.24, 2.45) is 0 Å². The van der Waals surface area contributed by atoms with Crippen LogP contribution >= 0.6 is 11.6 Å². The van der Waals surface area contributed by atoms with E-state index in [0.717, 1.165) is 69.7 Å². The highest BCUT2D eigenvalue weighted by atomic mass is 35.5. The number of nitrogens with zero attached hydrogens (tertiary/aromatic N) is 4. The Hall–Kier alpha value is -2.44. The third-order valence-electron chi connectivity index (χ3n) is 7.46. The largest absolute Gasteiger partial charge is 0.496 e. The lowest BCUT2D eigenvalue weighted by molar-refractivity contribution is 0.148. The van der Waals surface area contributed by atoms with Crippen LogP contribution in [0.3, 0.4) is 0 Å². The van der Waals surface area contributed by atoms with Crippen LogP contribution in [-0.2, 0) is 16.6 Å². The number of halogens is 1. The van der Waals surface area contributed by atoms with Gasteiger partial charge in [0.2, 0.25) is 10.0 Å². The number of H-pyrrole nitrogens is 1. The van der Waals surface area contributed by atoms with E-state index in [1.807, 2.05) is 6.07 Å². The number of nitrogens with one attached hydrogen (secondary N) is 3. The van der Waals surface area contributed by atoms with Gasteiger partial charge in [0.05, 0.1) is 35.8 Å². The molecule has 2 atom stereocenters. The average Bonchev–Trinajstić information content (AvgIpc) is 3.31. The number of hydrogen-bond acceptors (Lipinski definition) is 8. The molecule has 0 bridgehead atoms. The fourth-order valence-electron chi connectivity index (χ4n) is 5.40. The van der Waals surface area contributed by atoms with Crippen molar-refractivity contribution in [3.8, 4) is 17.1 Å². The van der Waals surface area contributed by atoms with Gasteiger partial charge in [0.1, 0.15) is 17.1 Å². The first kappa shape index (κ1) is 27.1. The van der Waals surface area contributed by atoms with Gasteiger partial charge in [-0.2, -0.15) is 0 Å². The molecule has 1 aliphatic carbocycles. The highest BCUT2D eigenvalue weighted by molar-refractivity contribution is 7.88. The summed E-state index contributed by atoms with van der Waals surface area (Å²) in [6.07, 6.45) is 6.36. The van der Waals surface area contributed by atoms with Crippen LogP contribution < -0.4 is 14.8 Å². The molecule has 3 N–H and O–H groups in total. The van der Waals surface area contributed by atoms with Crippen molar-refractivity contribution in [3.63, 3.8) is 0 Å². The van der Waals surface area contributed by atoms with Crippen molar-refractivity contribution in [2.75, 3.05) is 51.9 Å². The van der Waals surface area contributed by atoms with E-state index in [1.165, 1.54) is 11.8 Å². The molecule has 1 aromatic carbocycles. The van der Waals surface area contributed by atoms with Crippen LogP contribution in [0.2, 0.25) is 5.02 Å². The third-order valence-corrected chi connectivity index (χ3v) is 8.48. The van der Waals surface area contributed by atoms with Crippen molar-refractivity contribution in [2.45, 2.75) is 44.3 Å². The van der Waals surface area contributed by atoms with Crippen LogP contribution in [0.5, 0.6) is 5.75 Å². The first-order chi connectivity index (χ1) is 18.2. The van der Waals surface area contributed by atoms with Crippen LogP contribution in [-0.4, -0.2) is 91.8 Å². The highest BCUT2D eigenvalue weighted by Crippen LogP contribution is 2.35. The number of anilines is 1. The molecule has 2 fully saturated rings. The summed E-state index contributed by atoms with van der Waals surface area (Å²) in [5.74, 6) is 1.37. The fourth-order valence-corrected chi connectivity index (χ4v) is 6.43. The Labute approximate surface area is 229 Å². The molecular formula is C26H36ClN7O3S. The summed E-state index contributed by atoms with van der Waals surface area (Å²) in [5, 5.41) is 3.96. The van der Waals surface area contributed by atoms with Crippen LogP contribution in [0.1, 0.15) is 31.2 Å². The maximum atomic E-state index is 11.9. The van der Waals surface area contributed by atoms with Gasteiger partial charge in [0.15, 0.2) is 5.65 Å². The minimum atomic E-state index is -3.33. The predicted octanol–water partition coefficient (Wildman–Crippen LogP) is 3.31. The zero-order valence-corrected chi connectivity index (χ0v) is 23.7. The van der Waals surface area contributed by atoms with Gasteiger partial charge in [-0.15, -0.1) is 0 Å². The van der Waals surface area contributed by atoms with Gasteiger partial charge in [0, 0.05) is 44.8 Å². The summed E-state index contributed by atoms with van der Waals surface area (Å²) >= 11 is 6.60. The maximum absolute atomic E-state index is 11.9. The molecule has 3 aromatic rings. The summed E-state index contributed by atoms with van der Waals surface area (Å²) in [6, 6.07) is 5.91. The zero-order chi connectivity index (χ0) is 26.9. The number of rotatable bonds is 8. The van der Waals surface area contributed by atoms with Gasteiger partial charge in [-0.1, -0.05) is 30.5 Å². The van der Waals surface area contributed by atoms with Crippen molar-refractivity contribution < 1.29 is 13.2 Å². The van der Waals surface area contributed by atoms with Crippen molar-refractivity contribution >= 4 is 38.5 Å². The molecule has 1 saturated carbocycles. The van der Waals surface area contributed by atoms with Crippen molar-refractivity contribution in [1.82, 2.24) is 29.5 Å². The van der Waals surface area contributed by atoms with Crippen LogP contribution in [0.25, 0.3) is 22.6 Å². The van der Waals surface area contributed by atoms with E-state index in [2.05, 4.69) is 49.0 Å². The molecule has 2 unspecified atom stereocenters. The van der Waals surface area contributed by atoms with E-state index in [-0.39, 0.29) is 12.1 Å². The molecule has 12 heteroatoms. The number of hydrogen-bond donors (Lipinski definition) is 3. The fraction of sp³-hybridized carbons (Fsp3) is 0.538. The topological polar surface area (TPSA) is 115 Å². The lowest BCUT2D eigenvalue weighted by Gasteiger charge is -2.33. The van der Waals surface area contributed by atoms with Crippen molar-refractivity contribution in [1.29, 1.82) is 0 Å². The van der Waals surface area contributed by atoms with Gasteiger partial charge in [0.25, 0.3) is 0 Å². The number of sulfonamides is 1. The molecule has 38 heavy (non-hydrogen) atoms. The first-order valence-corrected chi connectivity index (χ1v) is 15.3. The van der Waals surface area contributed by atoms with E-state index < -0.39 is 10.0 Å². The smallest absolute Gasteiger partial charge is 0.209 e. The highest BCUT2D eigenvalue weighted by Gasteiger charge is 2.29. The normalized spacial score (nSPS) is 21.6. The van der Waals surface area contributed by atoms with Gasteiger partial charge in [-0.05, 0) is 37.6 Å². The van der Waals surface area contributed by atoms with Gasteiger partial charge in [-0.3, -0.25) is 4.90 Å². The number of pyridine rings is 1.